The fourth-order valence-corrected chi connectivity index (χ4v) is 4.98. The Labute approximate surface area is 209 Å². The minimum Gasteiger partial charge on any atom is -0.356 e. The second-order valence-corrected chi connectivity index (χ2v) is 9.01. The fourth-order valence-electron chi connectivity index (χ4n) is 4.98. The van der Waals surface area contributed by atoms with Crippen molar-refractivity contribution < 1.29 is 17.6 Å². The van der Waals surface area contributed by atoms with Gasteiger partial charge in [-0.3, -0.25) is 0 Å². The van der Waals surface area contributed by atoms with Crippen LogP contribution < -0.4 is 11.1 Å². The van der Waals surface area contributed by atoms with E-state index in [1.165, 1.54) is 18.7 Å². The molecule has 0 radical (unpaired) electrons. The Balaban J connectivity index is 0.00000274. The van der Waals surface area contributed by atoms with Gasteiger partial charge in [0.1, 0.15) is 0 Å². The van der Waals surface area contributed by atoms with Crippen molar-refractivity contribution in [2.24, 2.45) is 23.0 Å². The monoisotopic (exact) mass is 494 g/mol. The highest BCUT2D eigenvalue weighted by molar-refractivity contribution is 5.34. The third-order valence-electron chi connectivity index (χ3n) is 6.67. The highest BCUT2D eigenvalue weighted by Crippen LogP contribution is 2.53. The first kappa shape index (κ1) is 32.5. The maximum absolute atomic E-state index is 13.5. The quantitative estimate of drug-likeness (QED) is 0.154. The van der Waals surface area contributed by atoms with Crippen LogP contribution in [0, 0.1) is 30.1 Å². The Morgan fingerprint density at radius 1 is 1.23 bits per heavy atom. The molecule has 0 aromatic rings. The normalized spacial score (nSPS) is 25.3. The molecule has 0 aromatic heterocycles. The number of halogens is 4. The molecule has 1 fully saturated rings. The van der Waals surface area contributed by atoms with Crippen LogP contribution in [-0.4, -0.2) is 13.2 Å². The molecule has 2 rings (SSSR count). The van der Waals surface area contributed by atoms with Gasteiger partial charge in [0, 0.05) is 11.4 Å². The standard InChI is InChI=1S/C26H35F4N.C2H2.CH5N/c1-6-21(27)12-13-22(7-2)31-24(8-3)18(4)17-25(5)15-9-10-19-16-20(26(28,29)30)11-14-23(19)25;2*1-2/h7-8,12-14,19-20,31H,2-3,6,9-11,15-17H2,1,4-5H3;1-2H;2H2,1H3/b21-12+,22-13+,24-18+;;/t19?,20-,25-;;/m1../s1. The lowest BCUT2D eigenvalue weighted by Gasteiger charge is -2.45. The lowest BCUT2D eigenvalue weighted by Crippen LogP contribution is -2.36. The zero-order valence-electron chi connectivity index (χ0n) is 21.6. The summed E-state index contributed by atoms with van der Waals surface area (Å²) in [5, 5.41) is 3.26. The van der Waals surface area contributed by atoms with Gasteiger partial charge in [0.2, 0.25) is 0 Å². The molecule has 3 N–H and O–H groups in total. The zero-order chi connectivity index (χ0) is 27.2. The predicted octanol–water partition coefficient (Wildman–Crippen LogP) is 8.29. The van der Waals surface area contributed by atoms with Crippen molar-refractivity contribution in [2.45, 2.75) is 71.9 Å². The maximum Gasteiger partial charge on any atom is 0.392 e. The first-order chi connectivity index (χ1) is 16.5. The van der Waals surface area contributed by atoms with Crippen molar-refractivity contribution in [2.75, 3.05) is 7.05 Å². The van der Waals surface area contributed by atoms with E-state index in [9.17, 15) is 17.6 Å². The molecule has 0 aliphatic heterocycles. The fraction of sp³-hybridized carbons (Fsp3) is 0.517. The average molecular weight is 495 g/mol. The summed E-state index contributed by atoms with van der Waals surface area (Å²) >= 11 is 0. The number of terminal acetylenes is 1. The molecule has 1 saturated carbocycles. The van der Waals surface area contributed by atoms with E-state index in [4.69, 9.17) is 0 Å². The number of hydrogen-bond donors (Lipinski definition) is 2. The maximum atomic E-state index is 13.5. The molecule has 0 amide bonds. The summed E-state index contributed by atoms with van der Waals surface area (Å²) in [5.74, 6) is -1.43. The van der Waals surface area contributed by atoms with Crippen LogP contribution in [0.3, 0.4) is 0 Å². The minimum atomic E-state index is -4.12. The second-order valence-electron chi connectivity index (χ2n) is 9.01. The van der Waals surface area contributed by atoms with Gasteiger partial charge < -0.3 is 11.1 Å². The van der Waals surface area contributed by atoms with E-state index in [2.05, 4.69) is 44.0 Å². The van der Waals surface area contributed by atoms with Gasteiger partial charge in [0.25, 0.3) is 0 Å². The van der Waals surface area contributed by atoms with E-state index in [-0.39, 0.29) is 30.0 Å². The van der Waals surface area contributed by atoms with Crippen molar-refractivity contribution in [3.8, 4) is 12.8 Å². The van der Waals surface area contributed by atoms with Crippen LogP contribution in [-0.2, 0) is 0 Å². The molecule has 35 heavy (non-hydrogen) atoms. The summed E-state index contributed by atoms with van der Waals surface area (Å²) in [6, 6.07) is 0. The molecule has 6 heteroatoms. The van der Waals surface area contributed by atoms with Gasteiger partial charge in [-0.05, 0) is 93.7 Å². The third-order valence-corrected chi connectivity index (χ3v) is 6.67. The Bertz CT molecular complexity index is 842. The van der Waals surface area contributed by atoms with Crippen molar-refractivity contribution in [1.29, 1.82) is 0 Å². The number of nitrogens with one attached hydrogen (secondary N) is 1. The SMILES string of the molecule is C#C.C=C/C(=C\C=C(\F)CC)N/C(C=C)=C(\C)C[C@@]1(C)CCCC2C[C@H](C(F)(F)F)CC=C21.CN. The number of nitrogens with two attached hydrogens (primary N) is 1. The smallest absolute Gasteiger partial charge is 0.356 e. The molecule has 2 aliphatic rings. The van der Waals surface area contributed by atoms with Gasteiger partial charge in [-0.1, -0.05) is 45.1 Å². The lowest BCUT2D eigenvalue weighted by molar-refractivity contribution is -0.179. The summed E-state index contributed by atoms with van der Waals surface area (Å²) in [7, 11) is 1.50. The van der Waals surface area contributed by atoms with E-state index in [0.717, 1.165) is 37.0 Å². The molecular weight excluding hydrogens is 452 g/mol. The molecule has 1 unspecified atom stereocenters. The van der Waals surface area contributed by atoms with Crippen LogP contribution >= 0.6 is 0 Å². The van der Waals surface area contributed by atoms with Gasteiger partial charge in [0.05, 0.1) is 11.7 Å². The lowest BCUT2D eigenvalue weighted by atomic mass is 9.60. The van der Waals surface area contributed by atoms with Crippen LogP contribution in [0.4, 0.5) is 17.6 Å². The predicted molar refractivity (Wildman–Crippen MR) is 141 cm³/mol. The summed E-state index contributed by atoms with van der Waals surface area (Å²) in [6.07, 6.45) is 16.2. The van der Waals surface area contributed by atoms with Crippen LogP contribution in [0.2, 0.25) is 0 Å². The Hall–Kier alpha value is -2.52. The van der Waals surface area contributed by atoms with E-state index in [0.29, 0.717) is 12.1 Å². The average Bonchev–Trinajstić information content (AvgIpc) is 2.85. The van der Waals surface area contributed by atoms with Crippen molar-refractivity contribution in [3.63, 3.8) is 0 Å². The van der Waals surface area contributed by atoms with Gasteiger partial charge >= 0.3 is 6.18 Å². The van der Waals surface area contributed by atoms with E-state index >= 15 is 0 Å². The number of alkyl halides is 3. The van der Waals surface area contributed by atoms with Crippen LogP contribution in [0.1, 0.15) is 65.7 Å². The van der Waals surface area contributed by atoms with Gasteiger partial charge in [-0.2, -0.15) is 13.2 Å². The van der Waals surface area contributed by atoms with Crippen LogP contribution in [0.15, 0.2) is 71.9 Å². The highest BCUT2D eigenvalue weighted by Gasteiger charge is 2.46. The highest BCUT2D eigenvalue weighted by atomic mass is 19.4. The van der Waals surface area contributed by atoms with Gasteiger partial charge in [-0.25, -0.2) is 4.39 Å². The second kappa shape index (κ2) is 15.5. The molecule has 196 valence electrons. The van der Waals surface area contributed by atoms with Crippen LogP contribution in [0.25, 0.3) is 0 Å². The topological polar surface area (TPSA) is 38.0 Å². The molecule has 2 aliphatic carbocycles. The van der Waals surface area contributed by atoms with Crippen molar-refractivity contribution >= 4 is 0 Å². The summed E-state index contributed by atoms with van der Waals surface area (Å²) in [4.78, 5) is 0. The zero-order valence-corrected chi connectivity index (χ0v) is 21.6. The Kier molecular flexibility index (Phi) is 14.4. The number of rotatable bonds is 8. The number of allylic oxidation sites excluding steroid dienone is 8. The molecule has 0 spiro atoms. The minimum absolute atomic E-state index is 0.0119. The van der Waals surface area contributed by atoms with Crippen LogP contribution in [0.5, 0.6) is 0 Å². The molecule has 0 saturated heterocycles. The first-order valence-corrected chi connectivity index (χ1v) is 12.0. The molecular formula is C29H42F4N2. The Morgan fingerprint density at radius 2 is 1.86 bits per heavy atom. The molecule has 0 aromatic carbocycles. The van der Waals surface area contributed by atoms with Crippen molar-refractivity contribution in [3.05, 3.63) is 71.9 Å². The third kappa shape index (κ3) is 9.57. The largest absolute Gasteiger partial charge is 0.392 e. The van der Waals surface area contributed by atoms with Gasteiger partial charge in [0.15, 0.2) is 0 Å². The summed E-state index contributed by atoms with van der Waals surface area (Å²) < 4.78 is 53.2. The first-order valence-electron chi connectivity index (χ1n) is 12.0. The van der Waals surface area contributed by atoms with Gasteiger partial charge in [-0.15, -0.1) is 12.8 Å². The summed E-state index contributed by atoms with van der Waals surface area (Å²) in [5.41, 5.74) is 8.09. The number of hydrogen-bond acceptors (Lipinski definition) is 2. The van der Waals surface area contributed by atoms with E-state index in [1.54, 1.807) is 25.2 Å². The molecule has 0 bridgehead atoms. The van der Waals surface area contributed by atoms with Crippen molar-refractivity contribution in [1.82, 2.24) is 5.32 Å². The summed E-state index contributed by atoms with van der Waals surface area (Å²) in [6.45, 7) is 13.6. The van der Waals surface area contributed by atoms with E-state index in [1.807, 2.05) is 13.0 Å². The molecule has 0 heterocycles. The molecule has 3 atom stereocenters. The Morgan fingerprint density at radius 3 is 2.37 bits per heavy atom. The molecule has 2 nitrogen and oxygen atoms in total. The van der Waals surface area contributed by atoms with E-state index < -0.39 is 12.1 Å². The number of fused-ring (bicyclic) bond motifs is 1.